The largest absolute Gasteiger partial charge is 0.544 e. The topological polar surface area (TPSA) is 80.3 Å². The zero-order valence-electron chi connectivity index (χ0n) is 32.1. The second kappa shape index (κ2) is 22.1. The van der Waals surface area contributed by atoms with Crippen LogP contribution in [0.2, 0.25) is 0 Å². The molecule has 6 aromatic rings. The Bertz CT molecular complexity index is 1970. The molecule has 0 bridgehead atoms. The molecule has 340 valence electrons. The van der Waals surface area contributed by atoms with Crippen molar-refractivity contribution in [1.82, 2.24) is 0 Å². The van der Waals surface area contributed by atoms with Gasteiger partial charge in [-0.15, -0.1) is 0 Å². The number of rotatable bonds is 10. The van der Waals surface area contributed by atoms with Crippen LogP contribution in [0.4, 0.5) is 61.5 Å². The van der Waals surface area contributed by atoms with Crippen molar-refractivity contribution in [3.63, 3.8) is 0 Å². The van der Waals surface area contributed by atoms with Gasteiger partial charge in [-0.05, 0) is 72.8 Å². The van der Waals surface area contributed by atoms with E-state index in [1.165, 1.54) is 29.4 Å². The lowest BCUT2D eigenvalue weighted by molar-refractivity contribution is -0.388. The van der Waals surface area contributed by atoms with Gasteiger partial charge >= 0.3 is 36.0 Å². The SMILES string of the molecule is O=C([O-])C(F)(F)C(F)(F)C(F)(F)F.O=C([O-])C(F)(F)C(F)(F)C(F)(F)F.c1ccc([S+](c2ccccc2)c2ccccc2)cc1.c1ccc([S+](c2ccccc2)c2ccccc2)cc1. The van der Waals surface area contributed by atoms with E-state index in [-0.39, 0.29) is 21.8 Å². The first-order chi connectivity index (χ1) is 29.8. The minimum Gasteiger partial charge on any atom is -0.544 e. The van der Waals surface area contributed by atoms with Crippen molar-refractivity contribution in [3.05, 3.63) is 182 Å². The zero-order chi connectivity index (χ0) is 48.0. The highest BCUT2D eigenvalue weighted by molar-refractivity contribution is 7.97. The molecular weight excluding hydrogens is 923 g/mol. The van der Waals surface area contributed by atoms with E-state index in [0.29, 0.717) is 0 Å². The van der Waals surface area contributed by atoms with Crippen LogP contribution in [0.15, 0.2) is 211 Å². The summed E-state index contributed by atoms with van der Waals surface area (Å²) in [4.78, 5) is 26.7. The number of carboxylic acid groups (broad SMARTS) is 2. The summed E-state index contributed by atoms with van der Waals surface area (Å²) in [6.45, 7) is 0. The van der Waals surface area contributed by atoms with Crippen LogP contribution in [0.1, 0.15) is 0 Å². The Kier molecular flexibility index (Phi) is 18.0. The average Bonchev–Trinajstić information content (AvgIpc) is 3.26. The van der Waals surface area contributed by atoms with Crippen LogP contribution in [0.5, 0.6) is 0 Å². The molecule has 0 saturated carbocycles. The first-order valence-corrected chi connectivity index (χ1v) is 20.1. The molecule has 0 atom stereocenters. The quantitative estimate of drug-likeness (QED) is 0.101. The second-order valence-corrected chi connectivity index (χ2v) is 16.4. The van der Waals surface area contributed by atoms with Gasteiger partial charge in [0.15, 0.2) is 29.4 Å². The van der Waals surface area contributed by atoms with E-state index >= 15 is 0 Å². The molecule has 0 heterocycles. The summed E-state index contributed by atoms with van der Waals surface area (Å²) < 4.78 is 160. The van der Waals surface area contributed by atoms with Gasteiger partial charge in [0.2, 0.25) is 0 Å². The maximum Gasteiger partial charge on any atom is 0.460 e. The van der Waals surface area contributed by atoms with Crippen molar-refractivity contribution in [1.29, 1.82) is 0 Å². The van der Waals surface area contributed by atoms with Crippen molar-refractivity contribution in [2.75, 3.05) is 0 Å². The molecule has 64 heavy (non-hydrogen) atoms. The molecule has 0 saturated heterocycles. The van der Waals surface area contributed by atoms with Gasteiger partial charge in [0.05, 0.1) is 21.8 Å². The van der Waals surface area contributed by atoms with Crippen molar-refractivity contribution in [2.24, 2.45) is 0 Å². The molecule has 6 rings (SSSR count). The highest BCUT2D eigenvalue weighted by Gasteiger charge is 2.74. The Hall–Kier alpha value is -6.02. The van der Waals surface area contributed by atoms with Crippen molar-refractivity contribution in [3.8, 4) is 0 Å². The number of hydrogen-bond donors (Lipinski definition) is 0. The molecule has 0 N–H and O–H groups in total. The van der Waals surface area contributed by atoms with E-state index in [2.05, 4.69) is 182 Å². The molecule has 0 spiro atoms. The maximum absolute atomic E-state index is 11.7. The van der Waals surface area contributed by atoms with Gasteiger partial charge < -0.3 is 19.8 Å². The van der Waals surface area contributed by atoms with Gasteiger partial charge in [-0.2, -0.15) is 61.5 Å². The van der Waals surface area contributed by atoms with E-state index in [9.17, 15) is 81.3 Å². The normalized spacial score (nSPS) is 12.1. The monoisotopic (exact) mass is 952 g/mol. The predicted octanol–water partition coefficient (Wildman–Crippen LogP) is 10.7. The Labute approximate surface area is 361 Å². The van der Waals surface area contributed by atoms with Gasteiger partial charge in [0.25, 0.3) is 0 Å². The van der Waals surface area contributed by atoms with Crippen LogP contribution < -0.4 is 10.2 Å². The Morgan fingerprint density at radius 2 is 0.438 bits per heavy atom. The van der Waals surface area contributed by atoms with E-state index in [1.807, 2.05) is 0 Å². The molecular formula is C44H30F14O4S2. The minimum absolute atomic E-state index is 0.0146. The predicted molar refractivity (Wildman–Crippen MR) is 205 cm³/mol. The standard InChI is InChI=1S/2C18H15S.2C4HF7O2/c2*1-4-10-16(11-5-1)19(17-12-6-2-7-13-17)18-14-8-3-9-15-18;2*5-2(6,1(12)13)3(7,8)4(9,10)11/h2*1-15H;2*(H,12,13)/q2*+1;;/p-2. The summed E-state index contributed by atoms with van der Waals surface area (Å²) in [6, 6.07) is 64.3. The van der Waals surface area contributed by atoms with E-state index in [0.717, 1.165) is 0 Å². The smallest absolute Gasteiger partial charge is 0.460 e. The van der Waals surface area contributed by atoms with Crippen molar-refractivity contribution in [2.45, 2.75) is 65.4 Å². The number of alkyl halides is 14. The number of carbonyl (C=O) groups is 2. The van der Waals surface area contributed by atoms with Crippen LogP contribution in [-0.2, 0) is 31.4 Å². The molecule has 0 fully saturated rings. The fraction of sp³-hybridized carbons (Fsp3) is 0.136. The molecule has 20 heteroatoms. The molecule has 6 aromatic carbocycles. The third kappa shape index (κ3) is 13.0. The van der Waals surface area contributed by atoms with Gasteiger partial charge in [0, 0.05) is 0 Å². The first-order valence-electron chi connectivity index (χ1n) is 17.7. The summed E-state index contributed by atoms with van der Waals surface area (Å²) >= 11 is 0. The molecule has 0 aliphatic rings. The maximum atomic E-state index is 11.7. The first kappa shape index (κ1) is 52.3. The van der Waals surface area contributed by atoms with Gasteiger partial charge in [-0.3, -0.25) is 0 Å². The summed E-state index contributed by atoms with van der Waals surface area (Å²) in [5, 5.41) is 18.5. The van der Waals surface area contributed by atoms with Crippen LogP contribution in [0, 0.1) is 0 Å². The molecule has 0 aliphatic heterocycles. The number of carboxylic acids is 2. The molecule has 4 nitrogen and oxygen atoms in total. The minimum atomic E-state index is -6.64. The molecule has 0 amide bonds. The van der Waals surface area contributed by atoms with Gasteiger partial charge in [0.1, 0.15) is 11.9 Å². The average molecular weight is 953 g/mol. The molecule has 0 aliphatic carbocycles. The fourth-order valence-electron chi connectivity index (χ4n) is 4.77. The Morgan fingerprint density at radius 1 is 0.297 bits per heavy atom. The third-order valence-corrected chi connectivity index (χ3v) is 12.3. The third-order valence-electron chi connectivity index (χ3n) is 7.89. The molecule has 0 aromatic heterocycles. The lowest BCUT2D eigenvalue weighted by Gasteiger charge is -2.28. The van der Waals surface area contributed by atoms with E-state index < -0.39 is 48.0 Å². The molecule has 0 radical (unpaired) electrons. The fourth-order valence-corrected chi connectivity index (χ4v) is 8.98. The van der Waals surface area contributed by atoms with Crippen LogP contribution in [-0.4, -0.2) is 48.0 Å². The van der Waals surface area contributed by atoms with Crippen LogP contribution in [0.25, 0.3) is 0 Å². The lowest BCUT2D eigenvalue weighted by Crippen LogP contribution is -2.60. The van der Waals surface area contributed by atoms with Crippen LogP contribution >= 0.6 is 0 Å². The van der Waals surface area contributed by atoms with Gasteiger partial charge in [-0.1, -0.05) is 109 Å². The lowest BCUT2D eigenvalue weighted by atomic mass is 10.1. The summed E-state index contributed by atoms with van der Waals surface area (Å²) in [7, 11) is -0.0293. The van der Waals surface area contributed by atoms with Crippen molar-refractivity contribution >= 4 is 33.7 Å². The van der Waals surface area contributed by atoms with E-state index in [4.69, 9.17) is 0 Å². The number of benzene rings is 6. The number of hydrogen-bond acceptors (Lipinski definition) is 4. The van der Waals surface area contributed by atoms with Crippen LogP contribution in [0.3, 0.4) is 0 Å². The number of aliphatic carboxylic acids is 2. The number of carbonyl (C=O) groups excluding carboxylic acids is 2. The summed E-state index contributed by atoms with van der Waals surface area (Å²) in [5.41, 5.74) is 0. The zero-order valence-corrected chi connectivity index (χ0v) is 33.7. The summed E-state index contributed by atoms with van der Waals surface area (Å²) in [5.74, 6) is -33.4. The number of halogens is 14. The van der Waals surface area contributed by atoms with E-state index in [1.54, 1.807) is 0 Å². The molecule has 0 unspecified atom stereocenters. The highest BCUT2D eigenvalue weighted by Crippen LogP contribution is 2.47. The Balaban J connectivity index is 0.000000232. The summed E-state index contributed by atoms with van der Waals surface area (Å²) in [6.07, 6.45) is -13.3. The highest BCUT2D eigenvalue weighted by atomic mass is 32.2. The second-order valence-electron chi connectivity index (χ2n) is 12.4. The Morgan fingerprint density at radius 3 is 0.531 bits per heavy atom. The van der Waals surface area contributed by atoms with Crippen molar-refractivity contribution < 1.29 is 81.3 Å². The van der Waals surface area contributed by atoms with Gasteiger partial charge in [-0.25, -0.2) is 0 Å².